The van der Waals surface area contributed by atoms with Crippen molar-refractivity contribution < 1.29 is 14.4 Å². The van der Waals surface area contributed by atoms with Crippen LogP contribution in [0.2, 0.25) is 0 Å². The summed E-state index contributed by atoms with van der Waals surface area (Å²) in [7, 11) is 0. The fourth-order valence-electron chi connectivity index (χ4n) is 3.79. The summed E-state index contributed by atoms with van der Waals surface area (Å²) in [5.74, 6) is -2.17. The third-order valence-electron chi connectivity index (χ3n) is 5.70. The molecule has 0 saturated carbocycles. The molecule has 0 bridgehead atoms. The van der Waals surface area contributed by atoms with Crippen molar-refractivity contribution in [3.8, 4) is 0 Å². The Hall–Kier alpha value is -3.91. The number of aromatic nitrogens is 1. The lowest BCUT2D eigenvalue weighted by molar-refractivity contribution is -0.133. The number of aryl methyl sites for hydroxylation is 1. The molecule has 4 aromatic rings. The van der Waals surface area contributed by atoms with Crippen LogP contribution in [0.15, 0.2) is 77.3 Å². The maximum atomic E-state index is 13.2. The van der Waals surface area contributed by atoms with Crippen LogP contribution in [-0.4, -0.2) is 22.4 Å². The lowest BCUT2D eigenvalue weighted by Gasteiger charge is -2.19. The van der Waals surface area contributed by atoms with Gasteiger partial charge >= 0.3 is 11.8 Å². The van der Waals surface area contributed by atoms with Gasteiger partial charge < -0.3 is 10.6 Å². The van der Waals surface area contributed by atoms with E-state index in [0.29, 0.717) is 16.9 Å². The van der Waals surface area contributed by atoms with Gasteiger partial charge in [0.15, 0.2) is 0 Å². The van der Waals surface area contributed by atoms with Crippen molar-refractivity contribution in [3.05, 3.63) is 94.1 Å². The molecule has 0 atom stereocenters. The Balaban J connectivity index is 1.58. The number of rotatable bonds is 4. The maximum Gasteiger partial charge on any atom is 0.328 e. The Morgan fingerprint density at radius 1 is 0.806 bits per heavy atom. The van der Waals surface area contributed by atoms with Crippen LogP contribution in [0.5, 0.6) is 0 Å². The SMILES string of the molecule is Cc1cccc(NC(=O)c2cc3cc(Br)ccc3n2NC(=O)C(=O)Nc2ccc(C(C)(C)C)cc2)c1. The van der Waals surface area contributed by atoms with Crippen LogP contribution in [0.3, 0.4) is 0 Å². The summed E-state index contributed by atoms with van der Waals surface area (Å²) in [6.07, 6.45) is 0. The topological polar surface area (TPSA) is 92.2 Å². The molecule has 1 heterocycles. The highest BCUT2D eigenvalue weighted by Gasteiger charge is 2.22. The van der Waals surface area contributed by atoms with E-state index in [9.17, 15) is 14.4 Å². The van der Waals surface area contributed by atoms with Crippen LogP contribution < -0.4 is 16.1 Å². The van der Waals surface area contributed by atoms with Gasteiger partial charge in [-0.15, -0.1) is 0 Å². The third kappa shape index (κ3) is 5.66. The molecular weight excluding hydrogens is 520 g/mol. The van der Waals surface area contributed by atoms with Gasteiger partial charge in [-0.05, 0) is 72.0 Å². The Morgan fingerprint density at radius 3 is 2.19 bits per heavy atom. The van der Waals surface area contributed by atoms with E-state index < -0.39 is 17.7 Å². The molecule has 4 rings (SSSR count). The van der Waals surface area contributed by atoms with Gasteiger partial charge in [-0.25, -0.2) is 4.68 Å². The highest BCUT2D eigenvalue weighted by Crippen LogP contribution is 2.25. The van der Waals surface area contributed by atoms with Gasteiger partial charge in [-0.2, -0.15) is 0 Å². The van der Waals surface area contributed by atoms with Crippen molar-refractivity contribution in [2.45, 2.75) is 33.1 Å². The molecule has 36 heavy (non-hydrogen) atoms. The lowest BCUT2D eigenvalue weighted by Crippen LogP contribution is -2.36. The summed E-state index contributed by atoms with van der Waals surface area (Å²) in [5, 5.41) is 6.18. The quantitative estimate of drug-likeness (QED) is 0.275. The number of carbonyl (C=O) groups excluding carboxylic acids is 3. The van der Waals surface area contributed by atoms with Crippen LogP contribution in [0.4, 0.5) is 11.4 Å². The number of carbonyl (C=O) groups is 3. The number of fused-ring (bicyclic) bond motifs is 1. The first kappa shape index (κ1) is 25.2. The Kier molecular flexibility index (Phi) is 6.99. The van der Waals surface area contributed by atoms with Gasteiger partial charge in [0.25, 0.3) is 5.91 Å². The van der Waals surface area contributed by atoms with E-state index in [1.807, 2.05) is 43.3 Å². The molecule has 8 heteroatoms. The van der Waals surface area contributed by atoms with E-state index in [4.69, 9.17) is 0 Å². The average Bonchev–Trinajstić information content (AvgIpc) is 3.16. The fraction of sp³-hybridized carbons (Fsp3) is 0.179. The summed E-state index contributed by atoms with van der Waals surface area (Å²) >= 11 is 3.43. The Labute approximate surface area is 218 Å². The van der Waals surface area contributed by atoms with Gasteiger partial charge in [0, 0.05) is 21.2 Å². The zero-order valence-electron chi connectivity index (χ0n) is 20.5. The van der Waals surface area contributed by atoms with Crippen LogP contribution in [0.1, 0.15) is 42.4 Å². The molecule has 0 aliphatic carbocycles. The van der Waals surface area contributed by atoms with Crippen molar-refractivity contribution in [2.75, 3.05) is 16.1 Å². The second kappa shape index (κ2) is 9.99. The predicted octanol–water partition coefficient (Wildman–Crippen LogP) is 5.97. The third-order valence-corrected chi connectivity index (χ3v) is 6.19. The molecular formula is C28H27BrN4O3. The number of benzene rings is 3. The first-order valence-electron chi connectivity index (χ1n) is 11.4. The van der Waals surface area contributed by atoms with E-state index >= 15 is 0 Å². The Morgan fingerprint density at radius 2 is 1.53 bits per heavy atom. The number of amides is 3. The van der Waals surface area contributed by atoms with E-state index in [-0.39, 0.29) is 11.1 Å². The first-order chi connectivity index (χ1) is 17.0. The van der Waals surface area contributed by atoms with Crippen LogP contribution in [0, 0.1) is 6.92 Å². The standard InChI is InChI=1S/C28H27BrN4O3/c1-17-6-5-7-22(14-17)31-25(34)24-16-18-15-20(29)10-13-23(18)33(24)32-27(36)26(35)30-21-11-8-19(9-12-21)28(2,3)4/h5-16H,1-4H3,(H,30,35)(H,31,34)(H,32,36). The minimum atomic E-state index is -0.903. The summed E-state index contributed by atoms with van der Waals surface area (Å²) in [4.78, 5) is 38.7. The summed E-state index contributed by atoms with van der Waals surface area (Å²) in [6.45, 7) is 8.22. The number of hydrogen-bond acceptors (Lipinski definition) is 3. The Bertz CT molecular complexity index is 1470. The number of nitrogens with zero attached hydrogens (tertiary/aromatic N) is 1. The van der Waals surface area contributed by atoms with E-state index in [0.717, 1.165) is 21.0 Å². The summed E-state index contributed by atoms with van der Waals surface area (Å²) in [5.41, 5.74) is 6.54. The first-order valence-corrected chi connectivity index (χ1v) is 12.2. The van der Waals surface area contributed by atoms with Gasteiger partial charge in [0.2, 0.25) is 0 Å². The van der Waals surface area contributed by atoms with E-state index in [2.05, 4.69) is 52.8 Å². The molecule has 0 aliphatic rings. The maximum absolute atomic E-state index is 13.2. The highest BCUT2D eigenvalue weighted by molar-refractivity contribution is 9.10. The minimum absolute atomic E-state index is 0.0280. The van der Waals surface area contributed by atoms with Gasteiger partial charge in [0.1, 0.15) is 5.69 Å². The summed E-state index contributed by atoms with van der Waals surface area (Å²) < 4.78 is 2.15. The molecule has 3 amide bonds. The van der Waals surface area contributed by atoms with Crippen LogP contribution >= 0.6 is 15.9 Å². The van der Waals surface area contributed by atoms with Gasteiger partial charge in [-0.3, -0.25) is 19.8 Å². The molecule has 7 nitrogen and oxygen atoms in total. The van der Waals surface area contributed by atoms with Crippen molar-refractivity contribution in [1.29, 1.82) is 0 Å². The van der Waals surface area contributed by atoms with E-state index in [1.54, 1.807) is 36.4 Å². The number of nitrogens with one attached hydrogen (secondary N) is 3. The lowest BCUT2D eigenvalue weighted by atomic mass is 9.87. The van der Waals surface area contributed by atoms with Gasteiger partial charge in [-0.1, -0.05) is 61.0 Å². The molecule has 0 fully saturated rings. The van der Waals surface area contributed by atoms with Gasteiger partial charge in [0.05, 0.1) is 5.52 Å². The molecule has 3 N–H and O–H groups in total. The van der Waals surface area contributed by atoms with Crippen LogP contribution in [-0.2, 0) is 15.0 Å². The second-order valence-corrected chi connectivity index (χ2v) is 10.5. The number of anilines is 2. The van der Waals surface area contributed by atoms with Crippen molar-refractivity contribution in [2.24, 2.45) is 0 Å². The molecule has 0 aliphatic heterocycles. The summed E-state index contributed by atoms with van der Waals surface area (Å²) in [6, 6.07) is 21.8. The second-order valence-electron chi connectivity index (χ2n) is 9.61. The predicted molar refractivity (Wildman–Crippen MR) is 147 cm³/mol. The molecule has 0 radical (unpaired) electrons. The normalized spacial score (nSPS) is 11.2. The molecule has 0 spiro atoms. The largest absolute Gasteiger partial charge is 0.328 e. The van der Waals surface area contributed by atoms with Crippen LogP contribution in [0.25, 0.3) is 10.9 Å². The smallest absolute Gasteiger partial charge is 0.321 e. The van der Waals surface area contributed by atoms with Crippen molar-refractivity contribution in [1.82, 2.24) is 4.68 Å². The number of halogens is 1. The zero-order chi connectivity index (χ0) is 26.0. The van der Waals surface area contributed by atoms with Crippen molar-refractivity contribution in [3.63, 3.8) is 0 Å². The minimum Gasteiger partial charge on any atom is -0.321 e. The molecule has 0 unspecified atom stereocenters. The highest BCUT2D eigenvalue weighted by atomic mass is 79.9. The molecule has 184 valence electrons. The zero-order valence-corrected chi connectivity index (χ0v) is 22.1. The van der Waals surface area contributed by atoms with E-state index in [1.165, 1.54) is 4.68 Å². The average molecular weight is 547 g/mol. The van der Waals surface area contributed by atoms with Crippen molar-refractivity contribution >= 4 is 55.9 Å². The monoisotopic (exact) mass is 546 g/mol. The molecule has 0 saturated heterocycles. The fourth-order valence-corrected chi connectivity index (χ4v) is 4.16. The number of hydrogen-bond donors (Lipinski definition) is 3. The molecule has 1 aromatic heterocycles. The molecule has 3 aromatic carbocycles.